The summed E-state index contributed by atoms with van der Waals surface area (Å²) in [6, 6.07) is 25.5. The molecule has 0 aliphatic heterocycles. The fourth-order valence-corrected chi connectivity index (χ4v) is 4.14. The lowest BCUT2D eigenvalue weighted by Gasteiger charge is -2.16. The van der Waals surface area contributed by atoms with Crippen LogP contribution in [0, 0.1) is 5.92 Å². The van der Waals surface area contributed by atoms with Crippen LogP contribution < -0.4 is 0 Å². The number of rotatable bonds is 6. The van der Waals surface area contributed by atoms with Crippen LogP contribution in [-0.2, 0) is 9.53 Å². The maximum Gasteiger partial charge on any atom is 0.433 e. The van der Waals surface area contributed by atoms with Crippen molar-refractivity contribution >= 4 is 18.3 Å². The van der Waals surface area contributed by atoms with E-state index in [0.717, 1.165) is 27.8 Å². The van der Waals surface area contributed by atoms with Crippen LogP contribution in [0.15, 0.2) is 83.9 Å². The van der Waals surface area contributed by atoms with Crippen LogP contribution >= 0.6 is 0 Å². The molecule has 0 bridgehead atoms. The summed E-state index contributed by atoms with van der Waals surface area (Å²) in [4.78, 5) is 27.8. The average molecular weight is 413 g/mol. The van der Waals surface area contributed by atoms with Gasteiger partial charge in [-0.3, -0.25) is 4.79 Å². The number of carboxylic acid groups (broad SMARTS) is 1. The van der Waals surface area contributed by atoms with Gasteiger partial charge in [0.25, 0.3) is 0 Å². The van der Waals surface area contributed by atoms with E-state index in [1.165, 1.54) is 6.21 Å². The molecule has 0 heterocycles. The van der Waals surface area contributed by atoms with Gasteiger partial charge in [-0.1, -0.05) is 85.8 Å². The van der Waals surface area contributed by atoms with E-state index in [9.17, 15) is 14.7 Å². The Kier molecular flexibility index (Phi) is 5.94. The number of aliphatic imine (C=N–C) groups is 1. The molecule has 2 atom stereocenters. The second kappa shape index (κ2) is 8.96. The fraction of sp³-hybridized carbons (Fsp3) is 0.192. The first-order valence-corrected chi connectivity index (χ1v) is 10.2. The van der Waals surface area contributed by atoms with Crippen molar-refractivity contribution < 1.29 is 19.4 Å². The molecule has 2 unspecified atom stereocenters. The Labute approximate surface area is 181 Å². The summed E-state index contributed by atoms with van der Waals surface area (Å²) in [6.45, 7) is 1.95. The molecule has 31 heavy (non-hydrogen) atoms. The van der Waals surface area contributed by atoms with Crippen molar-refractivity contribution in [3.8, 4) is 11.1 Å². The highest BCUT2D eigenvalue weighted by Crippen LogP contribution is 2.44. The number of hydrogen-bond acceptors (Lipinski definition) is 3. The van der Waals surface area contributed by atoms with Crippen molar-refractivity contribution in [1.82, 2.24) is 0 Å². The molecular formula is C26H23NO4. The molecule has 1 N–H and O–H groups in total. The van der Waals surface area contributed by atoms with E-state index in [0.29, 0.717) is 0 Å². The Morgan fingerprint density at radius 3 is 2.06 bits per heavy atom. The molecule has 4 rings (SSSR count). The zero-order valence-electron chi connectivity index (χ0n) is 17.1. The topological polar surface area (TPSA) is 76.0 Å². The van der Waals surface area contributed by atoms with Crippen molar-refractivity contribution in [3.63, 3.8) is 0 Å². The van der Waals surface area contributed by atoms with Crippen LogP contribution in [0.1, 0.15) is 35.4 Å². The first-order valence-electron chi connectivity index (χ1n) is 10.2. The molecule has 0 spiro atoms. The van der Waals surface area contributed by atoms with E-state index in [2.05, 4.69) is 17.1 Å². The first-order chi connectivity index (χ1) is 15.1. The van der Waals surface area contributed by atoms with Gasteiger partial charge in [-0.05, 0) is 33.7 Å². The van der Waals surface area contributed by atoms with Gasteiger partial charge in [0.1, 0.15) is 6.61 Å². The number of aliphatic carboxylic acids is 1. The predicted octanol–water partition coefficient (Wildman–Crippen LogP) is 5.51. The Morgan fingerprint density at radius 1 is 0.935 bits per heavy atom. The van der Waals surface area contributed by atoms with Crippen LogP contribution in [0.2, 0.25) is 0 Å². The molecule has 3 aromatic rings. The molecule has 0 aromatic heterocycles. The Hall–Kier alpha value is -3.73. The molecule has 1 aliphatic carbocycles. The molecular weight excluding hydrogens is 390 g/mol. The summed E-state index contributed by atoms with van der Waals surface area (Å²) in [5.74, 6) is -2.36. The maximum absolute atomic E-state index is 12.3. The number of fused-ring (bicyclic) bond motifs is 3. The summed E-state index contributed by atoms with van der Waals surface area (Å²) >= 11 is 0. The SMILES string of the molecule is CC(c1ccccc1)C(C=NC(=O)OCC1c2ccccc2-c2ccccc21)C(=O)O. The first kappa shape index (κ1) is 20.5. The minimum atomic E-state index is -1.04. The lowest BCUT2D eigenvalue weighted by Crippen LogP contribution is -2.22. The Balaban J connectivity index is 1.45. The molecule has 0 saturated heterocycles. The lowest BCUT2D eigenvalue weighted by atomic mass is 9.88. The number of nitrogens with zero attached hydrogens (tertiary/aromatic N) is 1. The second-order valence-electron chi connectivity index (χ2n) is 7.65. The van der Waals surface area contributed by atoms with Gasteiger partial charge in [0.05, 0.1) is 5.92 Å². The van der Waals surface area contributed by atoms with E-state index in [1.54, 1.807) is 6.92 Å². The molecule has 5 heteroatoms. The van der Waals surface area contributed by atoms with E-state index >= 15 is 0 Å². The van der Waals surface area contributed by atoms with Gasteiger partial charge >= 0.3 is 12.1 Å². The van der Waals surface area contributed by atoms with Gasteiger partial charge in [0, 0.05) is 12.1 Å². The monoisotopic (exact) mass is 413 g/mol. The van der Waals surface area contributed by atoms with Crippen LogP contribution in [0.3, 0.4) is 0 Å². The molecule has 1 amide bonds. The van der Waals surface area contributed by atoms with Gasteiger partial charge in [-0.2, -0.15) is 4.99 Å². The zero-order chi connectivity index (χ0) is 21.8. The van der Waals surface area contributed by atoms with Gasteiger partial charge in [0.15, 0.2) is 0 Å². The van der Waals surface area contributed by atoms with Crippen LogP contribution in [0.4, 0.5) is 4.79 Å². The predicted molar refractivity (Wildman–Crippen MR) is 120 cm³/mol. The Bertz CT molecular complexity index is 1080. The number of carboxylic acids is 1. The number of ether oxygens (including phenoxy) is 1. The van der Waals surface area contributed by atoms with Crippen molar-refractivity contribution in [1.29, 1.82) is 0 Å². The third kappa shape index (κ3) is 4.26. The number of benzene rings is 3. The van der Waals surface area contributed by atoms with Crippen molar-refractivity contribution in [2.75, 3.05) is 6.61 Å². The van der Waals surface area contributed by atoms with E-state index in [1.807, 2.05) is 66.7 Å². The fourth-order valence-electron chi connectivity index (χ4n) is 4.14. The number of amides is 1. The number of carbonyl (C=O) groups is 2. The number of hydrogen-bond donors (Lipinski definition) is 1. The third-order valence-corrected chi connectivity index (χ3v) is 5.83. The van der Waals surface area contributed by atoms with E-state index < -0.39 is 18.0 Å². The summed E-state index contributed by atoms with van der Waals surface area (Å²) < 4.78 is 5.43. The molecule has 156 valence electrons. The number of carbonyl (C=O) groups excluding carboxylic acids is 1. The smallest absolute Gasteiger partial charge is 0.433 e. The van der Waals surface area contributed by atoms with Crippen molar-refractivity contribution in [2.45, 2.75) is 18.8 Å². The Morgan fingerprint density at radius 2 is 1.48 bits per heavy atom. The summed E-state index contributed by atoms with van der Waals surface area (Å²) in [6.07, 6.45) is 0.396. The third-order valence-electron chi connectivity index (χ3n) is 5.83. The molecule has 1 aliphatic rings. The molecule has 0 radical (unpaired) electrons. The summed E-state index contributed by atoms with van der Waals surface area (Å²) in [7, 11) is 0. The average Bonchev–Trinajstić information content (AvgIpc) is 3.12. The lowest BCUT2D eigenvalue weighted by molar-refractivity contribution is -0.139. The van der Waals surface area contributed by atoms with Crippen LogP contribution in [-0.4, -0.2) is 30.0 Å². The zero-order valence-corrected chi connectivity index (χ0v) is 17.1. The van der Waals surface area contributed by atoms with Crippen molar-refractivity contribution in [3.05, 3.63) is 95.6 Å². The molecule has 0 saturated carbocycles. The standard InChI is InChI=1S/C26H23NO4/c1-17(18-9-3-2-4-10-18)23(25(28)29)15-27-26(30)31-16-24-21-13-7-5-11-19(21)20-12-6-8-14-22(20)24/h2-15,17,23-24H,16H2,1H3,(H,28,29). The highest BCUT2D eigenvalue weighted by molar-refractivity contribution is 5.93. The van der Waals surface area contributed by atoms with E-state index in [-0.39, 0.29) is 18.4 Å². The normalized spacial score (nSPS) is 14.6. The summed E-state index contributed by atoms with van der Waals surface area (Å²) in [5, 5.41) is 9.60. The largest absolute Gasteiger partial charge is 0.481 e. The minimum absolute atomic E-state index is 0.0648. The minimum Gasteiger partial charge on any atom is -0.481 e. The quantitative estimate of drug-likeness (QED) is 0.541. The second-order valence-corrected chi connectivity index (χ2v) is 7.65. The van der Waals surface area contributed by atoms with Gasteiger partial charge in [-0.15, -0.1) is 0 Å². The summed E-state index contributed by atoms with van der Waals surface area (Å²) in [5.41, 5.74) is 5.38. The van der Waals surface area contributed by atoms with Gasteiger partial charge in [-0.25, -0.2) is 4.79 Å². The van der Waals surface area contributed by atoms with Crippen molar-refractivity contribution in [2.24, 2.45) is 10.9 Å². The molecule has 0 fully saturated rings. The van der Waals surface area contributed by atoms with Gasteiger partial charge in [0.2, 0.25) is 0 Å². The maximum atomic E-state index is 12.3. The highest BCUT2D eigenvalue weighted by atomic mass is 16.5. The van der Waals surface area contributed by atoms with Gasteiger partial charge < -0.3 is 9.84 Å². The van der Waals surface area contributed by atoms with Crippen LogP contribution in [0.25, 0.3) is 11.1 Å². The molecule has 3 aromatic carbocycles. The van der Waals surface area contributed by atoms with E-state index in [4.69, 9.17) is 4.74 Å². The molecule has 5 nitrogen and oxygen atoms in total. The highest BCUT2D eigenvalue weighted by Gasteiger charge is 2.29. The van der Waals surface area contributed by atoms with Crippen LogP contribution in [0.5, 0.6) is 0 Å².